The van der Waals surface area contributed by atoms with Crippen LogP contribution in [0.5, 0.6) is 0 Å². The summed E-state index contributed by atoms with van der Waals surface area (Å²) in [6.45, 7) is 5.27. The highest BCUT2D eigenvalue weighted by Crippen LogP contribution is 2.21. The highest BCUT2D eigenvalue weighted by molar-refractivity contribution is 6.01. The van der Waals surface area contributed by atoms with Gasteiger partial charge in [0.25, 0.3) is 0 Å². The Labute approximate surface area is 205 Å². The highest BCUT2D eigenvalue weighted by atomic mass is 19.0. The Morgan fingerprint density at radius 1 is 1.31 bits per heavy atom. The lowest BCUT2D eigenvalue weighted by Crippen LogP contribution is -2.19. The highest BCUT2D eigenvalue weighted by Gasteiger charge is 2.16. The molecule has 0 spiro atoms. The number of carbonyl (C=O) groups excluding carboxylic acids is 1. The predicted molar refractivity (Wildman–Crippen MR) is 137 cm³/mol. The molecule has 186 valence electrons. The Bertz CT molecular complexity index is 1040. The number of pyridine rings is 1. The van der Waals surface area contributed by atoms with E-state index in [1.165, 1.54) is 0 Å². The third-order valence-electron chi connectivity index (χ3n) is 5.45. The number of halogens is 1. The van der Waals surface area contributed by atoms with Gasteiger partial charge in [-0.05, 0) is 65.5 Å². The van der Waals surface area contributed by atoms with Crippen molar-refractivity contribution in [1.29, 1.82) is 0 Å². The topological polar surface area (TPSA) is 94.7 Å². The molecule has 0 saturated carbocycles. The minimum absolute atomic E-state index is 0. The number of Topliss-reactive ketones (excluding diaryl/α,β-unsaturated/α-hetero) is 1. The van der Waals surface area contributed by atoms with Crippen LogP contribution in [0.1, 0.15) is 29.5 Å². The van der Waals surface area contributed by atoms with Crippen LogP contribution in [0.15, 0.2) is 85.2 Å². The Hall–Kier alpha value is -3.23. The molecule has 0 amide bonds. The molecule has 3 N–H and O–H groups in total. The molecular weight excluding hydrogens is 447 g/mol. The number of nitrogens with zero attached hydrogens (tertiary/aromatic N) is 1. The van der Waals surface area contributed by atoms with Gasteiger partial charge in [0.2, 0.25) is 0 Å². The Balaban J connectivity index is 0.00000432. The van der Waals surface area contributed by atoms with E-state index in [2.05, 4.69) is 11.6 Å². The number of ketones is 1. The molecule has 35 heavy (non-hydrogen) atoms. The number of aliphatic hydroxyl groups excluding tert-OH is 1. The van der Waals surface area contributed by atoms with E-state index in [9.17, 15) is 9.90 Å². The maximum absolute atomic E-state index is 12.8. The van der Waals surface area contributed by atoms with Crippen LogP contribution in [0, 0.1) is 0 Å². The fourth-order valence-electron chi connectivity index (χ4n) is 3.65. The lowest BCUT2D eigenvalue weighted by Gasteiger charge is -2.12. The fraction of sp³-hybridized carbons (Fsp3) is 0.286. The minimum Gasteiger partial charge on any atom is -0.376 e. The summed E-state index contributed by atoms with van der Waals surface area (Å²) in [7, 11) is 0. The van der Waals surface area contributed by atoms with Crippen molar-refractivity contribution < 1.29 is 24.1 Å². The molecule has 2 aromatic rings. The summed E-state index contributed by atoms with van der Waals surface area (Å²) >= 11 is 0. The normalized spacial score (nSPS) is 17.3. The average Bonchev–Trinajstić information content (AvgIpc) is 3.38. The van der Waals surface area contributed by atoms with Crippen molar-refractivity contribution in [2.45, 2.75) is 31.7 Å². The van der Waals surface area contributed by atoms with Crippen LogP contribution in [0.25, 0.3) is 11.6 Å². The zero-order chi connectivity index (χ0) is 24.2. The quantitative estimate of drug-likeness (QED) is 0.271. The van der Waals surface area contributed by atoms with Gasteiger partial charge in [-0.25, -0.2) is 0 Å². The minimum atomic E-state index is -1.01. The second kappa shape index (κ2) is 14.9. The van der Waals surface area contributed by atoms with Crippen molar-refractivity contribution in [3.63, 3.8) is 0 Å². The van der Waals surface area contributed by atoms with Gasteiger partial charge < -0.3 is 20.3 Å². The number of aromatic nitrogens is 1. The molecule has 3 rings (SSSR count). The number of nitrogens with two attached hydrogens (primary N) is 1. The van der Waals surface area contributed by atoms with Crippen LogP contribution in [-0.2, 0) is 20.7 Å². The summed E-state index contributed by atoms with van der Waals surface area (Å²) in [5.41, 5.74) is 9.82. The molecule has 2 heterocycles. The van der Waals surface area contributed by atoms with Gasteiger partial charge in [0.05, 0.1) is 12.7 Å². The van der Waals surface area contributed by atoms with E-state index in [1.807, 2.05) is 48.6 Å². The second-order valence-electron chi connectivity index (χ2n) is 8.00. The van der Waals surface area contributed by atoms with Crippen LogP contribution in [0.3, 0.4) is 0 Å². The molecule has 1 aromatic carbocycles. The lowest BCUT2D eigenvalue weighted by molar-refractivity contribution is -0.114. The zero-order valence-corrected chi connectivity index (χ0v) is 19.7. The predicted octanol–water partition coefficient (Wildman–Crippen LogP) is 4.03. The second-order valence-corrected chi connectivity index (χ2v) is 8.00. The zero-order valence-electron chi connectivity index (χ0n) is 19.7. The molecule has 0 radical (unpaired) electrons. The van der Waals surface area contributed by atoms with Crippen molar-refractivity contribution in [3.8, 4) is 0 Å². The molecule has 1 fully saturated rings. The number of allylic oxidation sites excluding steroid dienone is 4. The van der Waals surface area contributed by atoms with Gasteiger partial charge in [0.15, 0.2) is 12.1 Å². The first-order valence-electron chi connectivity index (χ1n) is 11.5. The summed E-state index contributed by atoms with van der Waals surface area (Å²) < 4.78 is 11.0. The smallest absolute Gasteiger partial charge is 0.174 e. The Morgan fingerprint density at radius 3 is 2.80 bits per heavy atom. The van der Waals surface area contributed by atoms with E-state index in [0.29, 0.717) is 18.7 Å². The summed E-state index contributed by atoms with van der Waals surface area (Å²) in [5.74, 6) is -0.0355. The lowest BCUT2D eigenvalue weighted by atomic mass is 9.97. The molecule has 2 unspecified atom stereocenters. The van der Waals surface area contributed by atoms with Crippen LogP contribution in [0.4, 0.5) is 4.70 Å². The molecule has 0 bridgehead atoms. The first-order valence-corrected chi connectivity index (χ1v) is 11.5. The maximum Gasteiger partial charge on any atom is 0.174 e. The molecule has 6 nitrogen and oxygen atoms in total. The Kier molecular flexibility index (Phi) is 11.9. The molecule has 0 aliphatic carbocycles. The van der Waals surface area contributed by atoms with Crippen molar-refractivity contribution in [2.24, 2.45) is 5.73 Å². The van der Waals surface area contributed by atoms with Gasteiger partial charge in [0, 0.05) is 37.5 Å². The number of hydrogen-bond acceptors (Lipinski definition) is 6. The van der Waals surface area contributed by atoms with Gasteiger partial charge in [-0.15, -0.1) is 0 Å². The maximum atomic E-state index is 12.8. The van der Waals surface area contributed by atoms with Crippen LogP contribution >= 0.6 is 0 Å². The van der Waals surface area contributed by atoms with Crippen molar-refractivity contribution in [2.75, 3.05) is 19.8 Å². The van der Waals surface area contributed by atoms with Gasteiger partial charge in [0.1, 0.15) is 0 Å². The van der Waals surface area contributed by atoms with E-state index in [1.54, 1.807) is 30.6 Å². The first kappa shape index (κ1) is 28.0. The first-order chi connectivity index (χ1) is 16.6. The van der Waals surface area contributed by atoms with Gasteiger partial charge in [-0.3, -0.25) is 14.5 Å². The molecular formula is C28H33FN2O4. The monoisotopic (exact) mass is 480 g/mol. The number of benzene rings is 1. The summed E-state index contributed by atoms with van der Waals surface area (Å²) in [6.07, 6.45) is 13.3. The molecule has 1 aliphatic heterocycles. The van der Waals surface area contributed by atoms with Crippen molar-refractivity contribution >= 4 is 17.4 Å². The Morgan fingerprint density at radius 2 is 2.11 bits per heavy atom. The number of ether oxygens (including phenoxy) is 2. The molecule has 1 saturated heterocycles. The summed E-state index contributed by atoms with van der Waals surface area (Å²) in [4.78, 5) is 16.8. The average molecular weight is 481 g/mol. The van der Waals surface area contributed by atoms with Crippen molar-refractivity contribution in [1.82, 2.24) is 4.98 Å². The van der Waals surface area contributed by atoms with Crippen LogP contribution in [-0.4, -0.2) is 48.0 Å². The standard InChI is InChI=1S/C28H32N2O4.FH/c1-2-23(27(31)18-22-11-14-30-15-12-22)19-25(10-13-29)24-6-3-5-21(17-24)8-9-28(32)34-20-26-7-4-16-33-26;/h2-3,5-6,8-12,14-15,17,19,26,28,32H,1,4,7,13,16,18,20,29H2;1H/b9-8+,23-19+,25-10-;. The van der Waals surface area contributed by atoms with Crippen molar-refractivity contribution in [3.05, 3.63) is 102 Å². The van der Waals surface area contributed by atoms with E-state index < -0.39 is 6.29 Å². The molecule has 1 aromatic heterocycles. The van der Waals surface area contributed by atoms with E-state index in [-0.39, 0.29) is 23.0 Å². The fourth-order valence-corrected chi connectivity index (χ4v) is 3.65. The van der Waals surface area contributed by atoms with Crippen LogP contribution in [0.2, 0.25) is 0 Å². The molecule has 7 heteroatoms. The van der Waals surface area contributed by atoms with E-state index >= 15 is 0 Å². The van der Waals surface area contributed by atoms with Gasteiger partial charge >= 0.3 is 0 Å². The molecule has 1 aliphatic rings. The third kappa shape index (κ3) is 9.15. The SMILES string of the molecule is C=C/C(=C\C(=C\CN)c1cccc(/C=C/C(O)OCC2CCCO2)c1)C(=O)Cc1ccncc1.F. The number of carbonyl (C=O) groups is 1. The number of aliphatic hydroxyl groups is 1. The number of hydrogen-bond donors (Lipinski definition) is 2. The van der Waals surface area contributed by atoms with Gasteiger partial charge in [-0.2, -0.15) is 0 Å². The molecule has 2 atom stereocenters. The third-order valence-corrected chi connectivity index (χ3v) is 5.45. The van der Waals surface area contributed by atoms with Crippen LogP contribution < -0.4 is 5.73 Å². The summed E-state index contributed by atoms with van der Waals surface area (Å²) in [6, 6.07) is 11.4. The van der Waals surface area contributed by atoms with E-state index in [0.717, 1.165) is 41.7 Å². The number of rotatable bonds is 12. The van der Waals surface area contributed by atoms with Gasteiger partial charge in [-0.1, -0.05) is 43.0 Å². The van der Waals surface area contributed by atoms with E-state index in [4.69, 9.17) is 15.2 Å². The largest absolute Gasteiger partial charge is 0.376 e. The summed E-state index contributed by atoms with van der Waals surface area (Å²) in [5, 5.41) is 10.1.